The molecule has 21 heavy (non-hydrogen) atoms. The van der Waals surface area contributed by atoms with Gasteiger partial charge in [0.15, 0.2) is 0 Å². The summed E-state index contributed by atoms with van der Waals surface area (Å²) in [4.78, 5) is 0. The van der Waals surface area contributed by atoms with Gasteiger partial charge in [0.05, 0.1) is 5.02 Å². The molecule has 0 saturated heterocycles. The molecular weight excluding hydrogens is 413 g/mol. The highest BCUT2D eigenvalue weighted by Crippen LogP contribution is 2.29. The molecule has 2 aromatic carbocycles. The Balaban J connectivity index is 2.25. The van der Waals surface area contributed by atoms with Crippen molar-refractivity contribution in [2.75, 3.05) is 6.54 Å². The molecule has 0 heterocycles. The molecule has 0 aliphatic carbocycles. The molecular formula is C17H18Br2ClN. The molecule has 2 rings (SSSR count). The quantitative estimate of drug-likeness (QED) is 0.579. The molecule has 0 fully saturated rings. The van der Waals surface area contributed by atoms with E-state index in [0.717, 1.165) is 33.4 Å². The Kier molecular flexibility index (Phi) is 6.74. The van der Waals surface area contributed by atoms with E-state index in [-0.39, 0.29) is 6.04 Å². The van der Waals surface area contributed by atoms with Gasteiger partial charge in [-0.3, -0.25) is 0 Å². The summed E-state index contributed by atoms with van der Waals surface area (Å²) in [6, 6.07) is 14.8. The first-order valence-corrected chi connectivity index (χ1v) is 9.00. The summed E-state index contributed by atoms with van der Waals surface area (Å²) >= 11 is 13.3. The van der Waals surface area contributed by atoms with E-state index < -0.39 is 0 Å². The number of halogens is 3. The first-order valence-electron chi connectivity index (χ1n) is 7.03. The van der Waals surface area contributed by atoms with Crippen LogP contribution >= 0.6 is 43.5 Å². The van der Waals surface area contributed by atoms with Crippen LogP contribution in [0.25, 0.3) is 0 Å². The van der Waals surface area contributed by atoms with Crippen LogP contribution in [0.15, 0.2) is 51.4 Å². The maximum absolute atomic E-state index is 6.24. The molecule has 1 N–H and O–H groups in total. The average molecular weight is 432 g/mol. The Hall–Kier alpha value is -0.350. The Labute approximate surface area is 148 Å². The van der Waals surface area contributed by atoms with Gasteiger partial charge in [0.2, 0.25) is 0 Å². The smallest absolute Gasteiger partial charge is 0.0551 e. The van der Waals surface area contributed by atoms with Crippen molar-refractivity contribution in [2.45, 2.75) is 25.8 Å². The number of nitrogens with one attached hydrogen (secondary N) is 1. The Morgan fingerprint density at radius 1 is 1.10 bits per heavy atom. The second-order valence-corrected chi connectivity index (χ2v) is 7.09. The zero-order valence-electron chi connectivity index (χ0n) is 11.9. The van der Waals surface area contributed by atoms with Crippen LogP contribution in [0.4, 0.5) is 0 Å². The number of rotatable bonds is 6. The minimum Gasteiger partial charge on any atom is -0.310 e. The Morgan fingerprint density at radius 3 is 2.52 bits per heavy atom. The second-order valence-electron chi connectivity index (χ2n) is 4.98. The molecule has 0 spiro atoms. The van der Waals surface area contributed by atoms with Crippen LogP contribution < -0.4 is 5.32 Å². The van der Waals surface area contributed by atoms with Crippen molar-refractivity contribution in [1.82, 2.24) is 5.32 Å². The summed E-state index contributed by atoms with van der Waals surface area (Å²) in [5.74, 6) is 0. The van der Waals surface area contributed by atoms with Crippen LogP contribution in [0.5, 0.6) is 0 Å². The number of benzene rings is 2. The minimum absolute atomic E-state index is 0.259. The van der Waals surface area contributed by atoms with E-state index in [1.54, 1.807) is 0 Å². The molecule has 0 aliphatic heterocycles. The number of hydrogen-bond acceptors (Lipinski definition) is 1. The van der Waals surface area contributed by atoms with E-state index in [1.165, 1.54) is 11.1 Å². The molecule has 0 aliphatic rings. The standard InChI is InChI=1S/C17H18Br2ClN/c1-2-9-21-17(11-12-5-3-4-6-14(12)18)13-7-8-15(19)16(20)10-13/h3-8,10,17,21H,2,9,11H2,1H3. The van der Waals surface area contributed by atoms with Gasteiger partial charge in [-0.1, -0.05) is 58.7 Å². The van der Waals surface area contributed by atoms with Crippen LogP contribution in [0, 0.1) is 0 Å². The molecule has 0 amide bonds. The van der Waals surface area contributed by atoms with Crippen LogP contribution in [0.3, 0.4) is 0 Å². The maximum atomic E-state index is 6.24. The highest BCUT2D eigenvalue weighted by molar-refractivity contribution is 9.10. The fourth-order valence-electron chi connectivity index (χ4n) is 2.24. The zero-order chi connectivity index (χ0) is 15.2. The largest absolute Gasteiger partial charge is 0.310 e. The summed E-state index contributed by atoms with van der Waals surface area (Å²) in [5, 5.41) is 4.37. The van der Waals surface area contributed by atoms with Gasteiger partial charge in [0.1, 0.15) is 0 Å². The van der Waals surface area contributed by atoms with Crippen LogP contribution in [-0.4, -0.2) is 6.54 Å². The SMILES string of the molecule is CCCNC(Cc1ccccc1Br)c1ccc(Br)c(Cl)c1. The lowest BCUT2D eigenvalue weighted by Crippen LogP contribution is -2.24. The Bertz CT molecular complexity index is 601. The summed E-state index contributed by atoms with van der Waals surface area (Å²) in [6.45, 7) is 3.17. The van der Waals surface area contributed by atoms with E-state index in [0.29, 0.717) is 0 Å². The summed E-state index contributed by atoms with van der Waals surface area (Å²) < 4.78 is 2.08. The predicted octanol–water partition coefficient (Wildman–Crippen LogP) is 6.15. The summed E-state index contributed by atoms with van der Waals surface area (Å²) in [6.07, 6.45) is 2.04. The third-order valence-corrected chi connectivity index (χ3v) is 5.37. The summed E-state index contributed by atoms with van der Waals surface area (Å²) in [7, 11) is 0. The summed E-state index contributed by atoms with van der Waals surface area (Å²) in [5.41, 5.74) is 2.51. The lowest BCUT2D eigenvalue weighted by Gasteiger charge is -2.20. The number of hydrogen-bond donors (Lipinski definition) is 1. The van der Waals surface area contributed by atoms with Crippen LogP contribution in [-0.2, 0) is 6.42 Å². The van der Waals surface area contributed by atoms with Crippen LogP contribution in [0.1, 0.15) is 30.5 Å². The van der Waals surface area contributed by atoms with Gasteiger partial charge >= 0.3 is 0 Å². The molecule has 0 aromatic heterocycles. The Morgan fingerprint density at radius 2 is 1.86 bits per heavy atom. The lowest BCUT2D eigenvalue weighted by atomic mass is 9.98. The first kappa shape index (κ1) is 17.0. The third kappa shape index (κ3) is 4.82. The van der Waals surface area contributed by atoms with Gasteiger partial charge in [-0.25, -0.2) is 0 Å². The third-order valence-electron chi connectivity index (χ3n) is 3.37. The average Bonchev–Trinajstić information content (AvgIpc) is 2.48. The highest BCUT2D eigenvalue weighted by Gasteiger charge is 2.14. The van der Waals surface area contributed by atoms with E-state index in [2.05, 4.69) is 68.4 Å². The van der Waals surface area contributed by atoms with Crippen molar-refractivity contribution in [3.8, 4) is 0 Å². The molecule has 1 unspecified atom stereocenters. The van der Waals surface area contributed by atoms with Crippen molar-refractivity contribution in [3.63, 3.8) is 0 Å². The van der Waals surface area contributed by atoms with Crippen LogP contribution in [0.2, 0.25) is 5.02 Å². The normalized spacial score (nSPS) is 12.4. The van der Waals surface area contributed by atoms with Gasteiger partial charge in [-0.05, 0) is 64.6 Å². The monoisotopic (exact) mass is 429 g/mol. The molecule has 4 heteroatoms. The van der Waals surface area contributed by atoms with E-state index >= 15 is 0 Å². The molecule has 2 aromatic rings. The van der Waals surface area contributed by atoms with E-state index in [9.17, 15) is 0 Å². The second kappa shape index (κ2) is 8.33. The van der Waals surface area contributed by atoms with E-state index in [1.807, 2.05) is 18.2 Å². The van der Waals surface area contributed by atoms with Gasteiger partial charge in [-0.2, -0.15) is 0 Å². The van der Waals surface area contributed by atoms with Crippen molar-refractivity contribution in [2.24, 2.45) is 0 Å². The molecule has 0 saturated carbocycles. The zero-order valence-corrected chi connectivity index (χ0v) is 15.8. The molecule has 1 atom stereocenters. The van der Waals surface area contributed by atoms with E-state index in [4.69, 9.17) is 11.6 Å². The fourth-order valence-corrected chi connectivity index (χ4v) is 3.12. The topological polar surface area (TPSA) is 12.0 Å². The van der Waals surface area contributed by atoms with Gasteiger partial charge in [0, 0.05) is 15.0 Å². The van der Waals surface area contributed by atoms with Gasteiger partial charge < -0.3 is 5.32 Å². The van der Waals surface area contributed by atoms with Crippen molar-refractivity contribution >= 4 is 43.5 Å². The first-order chi connectivity index (χ1) is 10.1. The highest BCUT2D eigenvalue weighted by atomic mass is 79.9. The maximum Gasteiger partial charge on any atom is 0.0551 e. The lowest BCUT2D eigenvalue weighted by molar-refractivity contribution is 0.528. The molecule has 1 nitrogen and oxygen atoms in total. The predicted molar refractivity (Wildman–Crippen MR) is 98.0 cm³/mol. The van der Waals surface area contributed by atoms with Gasteiger partial charge in [0.25, 0.3) is 0 Å². The molecule has 0 radical (unpaired) electrons. The van der Waals surface area contributed by atoms with Crippen molar-refractivity contribution in [3.05, 3.63) is 67.6 Å². The molecule has 112 valence electrons. The minimum atomic E-state index is 0.259. The van der Waals surface area contributed by atoms with Gasteiger partial charge in [-0.15, -0.1) is 0 Å². The van der Waals surface area contributed by atoms with Crippen molar-refractivity contribution in [1.29, 1.82) is 0 Å². The van der Waals surface area contributed by atoms with Crippen molar-refractivity contribution < 1.29 is 0 Å². The fraction of sp³-hybridized carbons (Fsp3) is 0.294. The molecule has 0 bridgehead atoms.